The molecular weight excluding hydrogens is 306 g/mol. The lowest BCUT2D eigenvalue weighted by Crippen LogP contribution is -2.28. The summed E-state index contributed by atoms with van der Waals surface area (Å²) in [5.41, 5.74) is 3.42. The topological polar surface area (TPSA) is 67.8 Å². The molecule has 2 N–H and O–H groups in total. The number of amides is 1. The highest BCUT2D eigenvalue weighted by molar-refractivity contribution is 5.94. The Morgan fingerprint density at radius 2 is 1.75 bits per heavy atom. The van der Waals surface area contributed by atoms with E-state index < -0.39 is 6.10 Å². The molecule has 0 aromatic heterocycles. The fraction of sp³-hybridized carbons (Fsp3) is 0.316. The summed E-state index contributed by atoms with van der Waals surface area (Å²) in [6, 6.07) is 10.7. The van der Waals surface area contributed by atoms with E-state index in [-0.39, 0.29) is 12.5 Å². The summed E-state index contributed by atoms with van der Waals surface area (Å²) in [6.45, 7) is 4.07. The van der Waals surface area contributed by atoms with Crippen LogP contribution in [-0.4, -0.2) is 31.8 Å². The Morgan fingerprint density at radius 1 is 1.04 bits per heavy atom. The van der Waals surface area contributed by atoms with Gasteiger partial charge in [0.05, 0.1) is 20.3 Å². The number of benzene rings is 2. The zero-order valence-corrected chi connectivity index (χ0v) is 14.4. The van der Waals surface area contributed by atoms with Gasteiger partial charge in [-0.15, -0.1) is 0 Å². The van der Waals surface area contributed by atoms with E-state index in [1.807, 2.05) is 26.0 Å². The van der Waals surface area contributed by atoms with Gasteiger partial charge in [-0.2, -0.15) is 0 Å². The van der Waals surface area contributed by atoms with E-state index >= 15 is 0 Å². The molecule has 0 aliphatic rings. The molecule has 24 heavy (non-hydrogen) atoms. The molecule has 0 heterocycles. The highest BCUT2D eigenvalue weighted by atomic mass is 16.5. The molecule has 5 nitrogen and oxygen atoms in total. The van der Waals surface area contributed by atoms with Crippen molar-refractivity contribution in [3.63, 3.8) is 0 Å². The molecule has 0 saturated carbocycles. The van der Waals surface area contributed by atoms with Crippen LogP contribution in [0.4, 0.5) is 0 Å². The molecule has 5 heteroatoms. The summed E-state index contributed by atoms with van der Waals surface area (Å²) in [5, 5.41) is 13.0. The molecule has 1 unspecified atom stereocenters. The molecule has 0 aliphatic heterocycles. The maximum absolute atomic E-state index is 12.2. The summed E-state index contributed by atoms with van der Waals surface area (Å²) in [4.78, 5) is 12.2. The zero-order chi connectivity index (χ0) is 17.7. The van der Waals surface area contributed by atoms with Crippen LogP contribution in [-0.2, 0) is 0 Å². The fourth-order valence-electron chi connectivity index (χ4n) is 2.35. The predicted octanol–water partition coefficient (Wildman–Crippen LogP) is 2.78. The summed E-state index contributed by atoms with van der Waals surface area (Å²) >= 11 is 0. The van der Waals surface area contributed by atoms with Crippen molar-refractivity contribution >= 4 is 5.91 Å². The number of aliphatic hydroxyl groups excluding tert-OH is 1. The van der Waals surface area contributed by atoms with Gasteiger partial charge in [-0.3, -0.25) is 4.79 Å². The van der Waals surface area contributed by atoms with E-state index in [2.05, 4.69) is 5.32 Å². The lowest BCUT2D eigenvalue weighted by Gasteiger charge is -2.15. The highest BCUT2D eigenvalue weighted by Gasteiger charge is 2.14. The second kappa shape index (κ2) is 7.84. The van der Waals surface area contributed by atoms with Crippen molar-refractivity contribution in [3.05, 3.63) is 58.7 Å². The Bertz CT molecular complexity index is 727. The van der Waals surface area contributed by atoms with E-state index in [0.29, 0.717) is 22.6 Å². The lowest BCUT2D eigenvalue weighted by atomic mass is 10.1. The average molecular weight is 329 g/mol. The Kier molecular flexibility index (Phi) is 5.82. The molecule has 2 aromatic carbocycles. The number of methoxy groups -OCH3 is 2. The van der Waals surface area contributed by atoms with Crippen LogP contribution in [0.3, 0.4) is 0 Å². The van der Waals surface area contributed by atoms with Crippen molar-refractivity contribution in [1.29, 1.82) is 0 Å². The highest BCUT2D eigenvalue weighted by Crippen LogP contribution is 2.29. The first-order valence-electron chi connectivity index (χ1n) is 7.71. The first kappa shape index (κ1) is 17.8. The van der Waals surface area contributed by atoms with Gasteiger partial charge in [-0.1, -0.05) is 12.1 Å². The number of hydrogen-bond acceptors (Lipinski definition) is 4. The molecule has 1 amide bonds. The number of carbonyl (C=O) groups is 1. The van der Waals surface area contributed by atoms with Gasteiger partial charge < -0.3 is 19.9 Å². The van der Waals surface area contributed by atoms with Crippen LogP contribution in [0, 0.1) is 13.8 Å². The van der Waals surface area contributed by atoms with Gasteiger partial charge in [0.15, 0.2) is 11.5 Å². The van der Waals surface area contributed by atoms with Crippen molar-refractivity contribution in [2.75, 3.05) is 20.8 Å². The summed E-state index contributed by atoms with van der Waals surface area (Å²) in [5.74, 6) is 0.916. The number of nitrogens with one attached hydrogen (secondary N) is 1. The first-order valence-corrected chi connectivity index (χ1v) is 7.71. The lowest BCUT2D eigenvalue weighted by molar-refractivity contribution is 0.0916. The van der Waals surface area contributed by atoms with Gasteiger partial charge in [-0.25, -0.2) is 0 Å². The van der Waals surface area contributed by atoms with Gasteiger partial charge in [0.2, 0.25) is 0 Å². The minimum Gasteiger partial charge on any atom is -0.493 e. The smallest absolute Gasteiger partial charge is 0.251 e. The van der Waals surface area contributed by atoms with Gasteiger partial charge in [0.25, 0.3) is 5.91 Å². The van der Waals surface area contributed by atoms with Crippen LogP contribution >= 0.6 is 0 Å². The average Bonchev–Trinajstić information content (AvgIpc) is 2.60. The third-order valence-corrected chi connectivity index (χ3v) is 4.02. The predicted molar refractivity (Wildman–Crippen MR) is 92.8 cm³/mol. The molecule has 0 spiro atoms. The monoisotopic (exact) mass is 329 g/mol. The van der Waals surface area contributed by atoms with E-state index in [0.717, 1.165) is 11.1 Å². The molecule has 0 radical (unpaired) electrons. The van der Waals surface area contributed by atoms with Gasteiger partial charge in [0.1, 0.15) is 0 Å². The summed E-state index contributed by atoms with van der Waals surface area (Å²) in [7, 11) is 3.09. The van der Waals surface area contributed by atoms with Crippen molar-refractivity contribution < 1.29 is 19.4 Å². The number of aliphatic hydroxyl groups is 1. The second-order valence-electron chi connectivity index (χ2n) is 5.64. The fourth-order valence-corrected chi connectivity index (χ4v) is 2.35. The van der Waals surface area contributed by atoms with E-state index in [1.54, 1.807) is 31.4 Å². The molecule has 128 valence electrons. The SMILES string of the molecule is COc1ccc(C(O)CNC(=O)c2ccc(C)c(C)c2)cc1OC. The van der Waals surface area contributed by atoms with Crippen LogP contribution in [0.25, 0.3) is 0 Å². The summed E-state index contributed by atoms with van der Waals surface area (Å²) < 4.78 is 10.4. The molecular formula is C19H23NO4. The Morgan fingerprint density at radius 3 is 2.38 bits per heavy atom. The Labute approximate surface area is 142 Å². The van der Waals surface area contributed by atoms with Gasteiger partial charge in [-0.05, 0) is 54.8 Å². The van der Waals surface area contributed by atoms with E-state index in [9.17, 15) is 9.90 Å². The zero-order valence-electron chi connectivity index (χ0n) is 14.4. The molecule has 2 rings (SSSR count). The first-order chi connectivity index (χ1) is 11.5. The van der Waals surface area contributed by atoms with Crippen LogP contribution in [0.1, 0.15) is 33.2 Å². The van der Waals surface area contributed by atoms with Crippen LogP contribution in [0.15, 0.2) is 36.4 Å². The Hall–Kier alpha value is -2.53. The molecule has 1 atom stereocenters. The third kappa shape index (κ3) is 4.06. The number of hydrogen-bond donors (Lipinski definition) is 2. The van der Waals surface area contributed by atoms with Crippen molar-refractivity contribution in [2.24, 2.45) is 0 Å². The van der Waals surface area contributed by atoms with E-state index in [1.165, 1.54) is 7.11 Å². The molecule has 0 aliphatic carbocycles. The molecule has 0 fully saturated rings. The largest absolute Gasteiger partial charge is 0.493 e. The Balaban J connectivity index is 2.03. The second-order valence-corrected chi connectivity index (χ2v) is 5.64. The normalized spacial score (nSPS) is 11.7. The number of rotatable bonds is 6. The number of carbonyl (C=O) groups excluding carboxylic acids is 1. The molecule has 0 bridgehead atoms. The van der Waals surface area contributed by atoms with Crippen molar-refractivity contribution in [1.82, 2.24) is 5.32 Å². The van der Waals surface area contributed by atoms with Gasteiger partial charge in [0, 0.05) is 12.1 Å². The maximum atomic E-state index is 12.2. The quantitative estimate of drug-likeness (QED) is 0.855. The molecule has 2 aromatic rings. The van der Waals surface area contributed by atoms with Crippen molar-refractivity contribution in [3.8, 4) is 11.5 Å². The minimum atomic E-state index is -0.833. The van der Waals surface area contributed by atoms with Crippen LogP contribution in [0.5, 0.6) is 11.5 Å². The maximum Gasteiger partial charge on any atom is 0.251 e. The molecule has 0 saturated heterocycles. The van der Waals surface area contributed by atoms with Crippen LogP contribution < -0.4 is 14.8 Å². The van der Waals surface area contributed by atoms with Crippen LogP contribution in [0.2, 0.25) is 0 Å². The van der Waals surface area contributed by atoms with Gasteiger partial charge >= 0.3 is 0 Å². The van der Waals surface area contributed by atoms with Crippen molar-refractivity contribution in [2.45, 2.75) is 20.0 Å². The minimum absolute atomic E-state index is 0.112. The number of ether oxygens (including phenoxy) is 2. The standard InChI is InChI=1S/C19H23NO4/c1-12-5-6-15(9-13(12)2)19(22)20-11-16(21)14-7-8-17(23-3)18(10-14)24-4/h5-10,16,21H,11H2,1-4H3,(H,20,22). The third-order valence-electron chi connectivity index (χ3n) is 4.02. The summed E-state index contributed by atoms with van der Waals surface area (Å²) in [6.07, 6.45) is -0.833. The van der Waals surface area contributed by atoms with E-state index in [4.69, 9.17) is 9.47 Å². The number of aryl methyl sites for hydroxylation is 2.